The van der Waals surface area contributed by atoms with E-state index in [4.69, 9.17) is 10.8 Å². The zero-order valence-electron chi connectivity index (χ0n) is 19.1. The molecule has 1 heterocycles. The number of carbonyl (C=O) groups excluding carboxylic acids is 3. The Hall–Kier alpha value is -3.62. The summed E-state index contributed by atoms with van der Waals surface area (Å²) in [5.41, 5.74) is 7.72. The van der Waals surface area contributed by atoms with E-state index in [9.17, 15) is 34.2 Å². The molecule has 4 unspecified atom stereocenters. The van der Waals surface area contributed by atoms with Gasteiger partial charge in [-0.3, -0.25) is 19.2 Å². The van der Waals surface area contributed by atoms with Gasteiger partial charge >= 0.3 is 11.9 Å². The van der Waals surface area contributed by atoms with E-state index in [2.05, 4.69) is 33.6 Å². The molecule has 0 bridgehead atoms. The summed E-state index contributed by atoms with van der Waals surface area (Å²) in [6.45, 7) is -0.879. The largest absolute Gasteiger partial charge is 0.481 e. The third-order valence-corrected chi connectivity index (χ3v) is 5.71. The van der Waals surface area contributed by atoms with Gasteiger partial charge in [0.2, 0.25) is 17.7 Å². The number of aromatic amines is 1. The highest BCUT2D eigenvalue weighted by Gasteiger charge is 2.30. The molecule has 3 amide bonds. The summed E-state index contributed by atoms with van der Waals surface area (Å²) < 4.78 is 0. The maximum absolute atomic E-state index is 12.6. The van der Waals surface area contributed by atoms with Crippen molar-refractivity contribution in [1.29, 1.82) is 0 Å². The summed E-state index contributed by atoms with van der Waals surface area (Å²) in [5, 5.41) is 35.1. The van der Waals surface area contributed by atoms with Crippen molar-refractivity contribution < 1.29 is 39.3 Å². The lowest BCUT2D eigenvalue weighted by Crippen LogP contribution is -2.58. The second-order valence-electron chi connectivity index (χ2n) is 7.99. The normalized spacial score (nSPS) is 14.3. The predicted molar refractivity (Wildman–Crippen MR) is 131 cm³/mol. The van der Waals surface area contributed by atoms with Gasteiger partial charge in [-0.2, -0.15) is 12.6 Å². The van der Waals surface area contributed by atoms with E-state index in [0.29, 0.717) is 0 Å². The first kappa shape index (κ1) is 28.6. The lowest BCUT2D eigenvalue weighted by atomic mass is 10.0. The number of nitrogens with one attached hydrogen (secondary N) is 4. The van der Waals surface area contributed by atoms with Gasteiger partial charge in [-0.15, -0.1) is 0 Å². The molecule has 0 aliphatic rings. The van der Waals surface area contributed by atoms with Crippen molar-refractivity contribution in [3.63, 3.8) is 0 Å². The van der Waals surface area contributed by atoms with Crippen LogP contribution >= 0.6 is 12.6 Å². The fourth-order valence-corrected chi connectivity index (χ4v) is 3.62. The number of carboxylic acids is 2. The monoisotopic (exact) mass is 523 g/mol. The van der Waals surface area contributed by atoms with Gasteiger partial charge in [0, 0.05) is 29.3 Å². The Morgan fingerprint density at radius 2 is 1.56 bits per heavy atom. The molecular weight excluding hydrogens is 494 g/mol. The number of carbonyl (C=O) groups is 5. The molecular formula is C22H29N5O8S. The second kappa shape index (κ2) is 13.5. The van der Waals surface area contributed by atoms with Crippen LogP contribution in [-0.4, -0.2) is 86.5 Å². The van der Waals surface area contributed by atoms with E-state index in [1.165, 1.54) is 0 Å². The Morgan fingerprint density at radius 3 is 2.17 bits per heavy atom. The number of hydrogen-bond acceptors (Lipinski definition) is 8. The Bertz CT molecular complexity index is 1110. The fraction of sp³-hybridized carbons (Fsp3) is 0.409. The number of aliphatic hydroxyl groups excluding tert-OH is 1. The number of aliphatic hydroxyl groups is 1. The summed E-state index contributed by atoms with van der Waals surface area (Å²) in [6, 6.07) is 2.18. The smallest absolute Gasteiger partial charge is 0.326 e. The average Bonchev–Trinajstić information content (AvgIpc) is 3.25. The number of fused-ring (bicyclic) bond motifs is 1. The molecule has 0 saturated carbocycles. The number of rotatable bonds is 14. The van der Waals surface area contributed by atoms with Crippen LogP contribution in [0.3, 0.4) is 0 Å². The average molecular weight is 524 g/mol. The van der Waals surface area contributed by atoms with E-state index in [0.717, 1.165) is 16.5 Å². The van der Waals surface area contributed by atoms with Crippen LogP contribution in [0.4, 0.5) is 0 Å². The Labute approximate surface area is 211 Å². The molecule has 0 radical (unpaired) electrons. The Kier molecular flexibility index (Phi) is 10.7. The van der Waals surface area contributed by atoms with E-state index in [-0.39, 0.29) is 12.2 Å². The van der Waals surface area contributed by atoms with Crippen molar-refractivity contribution in [2.45, 2.75) is 43.4 Å². The minimum atomic E-state index is -1.55. The van der Waals surface area contributed by atoms with Gasteiger partial charge < -0.3 is 42.0 Å². The number of carboxylic acid groups (broad SMARTS) is 2. The first-order chi connectivity index (χ1) is 17.1. The number of benzene rings is 1. The zero-order chi connectivity index (χ0) is 26.8. The lowest BCUT2D eigenvalue weighted by molar-refractivity contribution is -0.143. The number of thiol groups is 1. The molecule has 36 heavy (non-hydrogen) atoms. The summed E-state index contributed by atoms with van der Waals surface area (Å²) in [4.78, 5) is 62.7. The van der Waals surface area contributed by atoms with Crippen molar-refractivity contribution in [3.05, 3.63) is 36.0 Å². The number of amides is 3. The number of para-hydroxylation sites is 1. The van der Waals surface area contributed by atoms with Gasteiger partial charge in [-0.05, 0) is 24.5 Å². The molecule has 4 atom stereocenters. The van der Waals surface area contributed by atoms with Crippen LogP contribution in [0.25, 0.3) is 10.9 Å². The van der Waals surface area contributed by atoms with Gasteiger partial charge in [0.15, 0.2) is 0 Å². The zero-order valence-corrected chi connectivity index (χ0v) is 20.0. The van der Waals surface area contributed by atoms with Crippen LogP contribution in [-0.2, 0) is 30.4 Å². The predicted octanol–water partition coefficient (Wildman–Crippen LogP) is -1.64. The molecule has 14 heteroatoms. The highest BCUT2D eigenvalue weighted by molar-refractivity contribution is 7.80. The molecule has 0 spiro atoms. The van der Waals surface area contributed by atoms with Crippen molar-refractivity contribution >= 4 is 53.2 Å². The molecule has 13 nitrogen and oxygen atoms in total. The Morgan fingerprint density at radius 1 is 0.944 bits per heavy atom. The van der Waals surface area contributed by atoms with Crippen LogP contribution in [0.1, 0.15) is 18.4 Å². The van der Waals surface area contributed by atoms with E-state index >= 15 is 0 Å². The first-order valence-electron chi connectivity index (χ1n) is 10.9. The summed E-state index contributed by atoms with van der Waals surface area (Å²) >= 11 is 4.05. The van der Waals surface area contributed by atoms with Crippen molar-refractivity contribution in [1.82, 2.24) is 20.9 Å². The van der Waals surface area contributed by atoms with Crippen molar-refractivity contribution in [3.8, 4) is 0 Å². The fourth-order valence-electron chi connectivity index (χ4n) is 3.37. The van der Waals surface area contributed by atoms with Gasteiger partial charge in [0.05, 0.1) is 12.6 Å². The van der Waals surface area contributed by atoms with Crippen LogP contribution in [0.5, 0.6) is 0 Å². The van der Waals surface area contributed by atoms with Gasteiger partial charge in [0.25, 0.3) is 0 Å². The molecule has 9 N–H and O–H groups in total. The maximum atomic E-state index is 12.6. The molecule has 0 aliphatic heterocycles. The van der Waals surface area contributed by atoms with Gasteiger partial charge in [0.1, 0.15) is 18.1 Å². The number of aromatic nitrogens is 1. The maximum Gasteiger partial charge on any atom is 0.326 e. The molecule has 196 valence electrons. The molecule has 0 fully saturated rings. The van der Waals surface area contributed by atoms with Gasteiger partial charge in [-0.25, -0.2) is 4.79 Å². The third-order valence-electron chi connectivity index (χ3n) is 5.34. The van der Waals surface area contributed by atoms with E-state index in [1.54, 1.807) is 6.20 Å². The van der Waals surface area contributed by atoms with Crippen LogP contribution in [0.2, 0.25) is 0 Å². The highest BCUT2D eigenvalue weighted by Crippen LogP contribution is 2.18. The SMILES string of the molecule is NC(Cc1c[nH]c2ccccc12)C(=O)NC(CS)C(=O)NC(CO)C(=O)NC(CCC(=O)O)C(=O)O. The van der Waals surface area contributed by atoms with Crippen molar-refractivity contribution in [2.24, 2.45) is 5.73 Å². The molecule has 0 aliphatic carbocycles. The third kappa shape index (κ3) is 7.96. The molecule has 2 aromatic rings. The first-order valence-corrected chi connectivity index (χ1v) is 11.6. The Balaban J connectivity index is 1.96. The molecule has 1 aromatic heterocycles. The topological polar surface area (TPSA) is 224 Å². The number of aliphatic carboxylic acids is 2. The van der Waals surface area contributed by atoms with Crippen molar-refractivity contribution in [2.75, 3.05) is 12.4 Å². The second-order valence-corrected chi connectivity index (χ2v) is 8.35. The standard InChI is InChI=1S/C22H29N5O8S/c23-13(7-11-8-24-14-4-2-1-3-12(11)14)19(31)27-17(10-36)21(33)26-16(9-28)20(32)25-15(22(34)35)5-6-18(29)30/h1-4,8,13,15-17,24,28,36H,5-7,9-10,23H2,(H,25,32)(H,26,33)(H,27,31)(H,29,30)(H,34,35). The lowest BCUT2D eigenvalue weighted by Gasteiger charge is -2.23. The van der Waals surface area contributed by atoms with E-state index < -0.39 is 73.3 Å². The van der Waals surface area contributed by atoms with Crippen LogP contribution in [0, 0.1) is 0 Å². The summed E-state index contributed by atoms with van der Waals surface area (Å²) in [6.07, 6.45) is 1.02. The molecule has 2 rings (SSSR count). The summed E-state index contributed by atoms with van der Waals surface area (Å²) in [7, 11) is 0. The molecule has 1 aromatic carbocycles. The van der Waals surface area contributed by atoms with E-state index in [1.807, 2.05) is 24.3 Å². The number of hydrogen-bond donors (Lipinski definition) is 9. The minimum Gasteiger partial charge on any atom is -0.481 e. The van der Waals surface area contributed by atoms with Gasteiger partial charge in [-0.1, -0.05) is 18.2 Å². The van der Waals surface area contributed by atoms with Crippen LogP contribution in [0.15, 0.2) is 30.5 Å². The quantitative estimate of drug-likeness (QED) is 0.129. The minimum absolute atomic E-state index is 0.159. The summed E-state index contributed by atoms with van der Waals surface area (Å²) in [5.74, 6) is -5.42. The number of nitrogens with two attached hydrogens (primary N) is 1. The number of H-pyrrole nitrogens is 1. The van der Waals surface area contributed by atoms with Crippen LogP contribution < -0.4 is 21.7 Å². The highest BCUT2D eigenvalue weighted by atomic mass is 32.1. The molecule has 0 saturated heterocycles.